The van der Waals surface area contributed by atoms with E-state index in [4.69, 9.17) is 4.74 Å². The van der Waals surface area contributed by atoms with Crippen LogP contribution in [0.25, 0.3) is 0 Å². The van der Waals surface area contributed by atoms with Crippen LogP contribution in [0.5, 0.6) is 0 Å². The Hall–Kier alpha value is -0.0800. The van der Waals surface area contributed by atoms with Crippen molar-refractivity contribution < 1.29 is 4.74 Å². The lowest BCUT2D eigenvalue weighted by Crippen LogP contribution is -2.53. The summed E-state index contributed by atoms with van der Waals surface area (Å²) in [6, 6.07) is 0.373. The molecule has 2 nitrogen and oxygen atoms in total. The number of rotatable bonds is 4. The fourth-order valence-electron chi connectivity index (χ4n) is 2.06. The molecule has 0 spiro atoms. The number of ether oxygens (including phenoxy) is 1. The highest BCUT2D eigenvalue weighted by Crippen LogP contribution is 2.33. The Morgan fingerprint density at radius 1 is 1.00 bits per heavy atom. The third-order valence-corrected chi connectivity index (χ3v) is 2.75. The Morgan fingerprint density at radius 3 is 1.67 bits per heavy atom. The van der Waals surface area contributed by atoms with E-state index in [1.807, 2.05) is 7.05 Å². The van der Waals surface area contributed by atoms with Gasteiger partial charge >= 0.3 is 0 Å². The molecule has 1 N–H and O–H groups in total. The third-order valence-electron chi connectivity index (χ3n) is 2.75. The van der Waals surface area contributed by atoms with Crippen LogP contribution in [0.4, 0.5) is 0 Å². The van der Waals surface area contributed by atoms with Crippen molar-refractivity contribution in [3.8, 4) is 0 Å². The van der Waals surface area contributed by atoms with Gasteiger partial charge in [0.15, 0.2) is 0 Å². The number of nitrogens with one attached hydrogen (secondary N) is 1. The summed E-state index contributed by atoms with van der Waals surface area (Å²) in [5, 5.41) is 3.41. The average molecular weight is 215 g/mol. The summed E-state index contributed by atoms with van der Waals surface area (Å²) < 4.78 is 5.92. The predicted molar refractivity (Wildman–Crippen MR) is 67.2 cm³/mol. The van der Waals surface area contributed by atoms with Crippen LogP contribution in [0, 0.1) is 10.8 Å². The monoisotopic (exact) mass is 215 g/mol. The summed E-state index contributed by atoms with van der Waals surface area (Å²) >= 11 is 0. The summed E-state index contributed by atoms with van der Waals surface area (Å²) in [5.74, 6) is 0. The Labute approximate surface area is 95.8 Å². The van der Waals surface area contributed by atoms with Crippen LogP contribution >= 0.6 is 0 Å². The number of hydrogen-bond donors (Lipinski definition) is 1. The summed E-state index contributed by atoms with van der Waals surface area (Å²) in [5.41, 5.74) is 0.374. The van der Waals surface area contributed by atoms with E-state index in [9.17, 15) is 0 Å². The molecule has 0 saturated heterocycles. The second-order valence-electron chi connectivity index (χ2n) is 6.37. The molecule has 2 heteroatoms. The lowest BCUT2D eigenvalue weighted by Gasteiger charge is -2.43. The molecule has 0 rings (SSSR count). The molecule has 0 aromatic carbocycles. The molecule has 15 heavy (non-hydrogen) atoms. The molecule has 0 radical (unpaired) electrons. The van der Waals surface area contributed by atoms with Crippen molar-refractivity contribution in [1.29, 1.82) is 0 Å². The Bertz CT molecular complexity index is 176. The van der Waals surface area contributed by atoms with Gasteiger partial charge in [-0.1, -0.05) is 41.5 Å². The van der Waals surface area contributed by atoms with Gasteiger partial charge in [-0.3, -0.25) is 0 Å². The van der Waals surface area contributed by atoms with Crippen molar-refractivity contribution in [1.82, 2.24) is 5.32 Å². The minimum Gasteiger partial charge on any atom is -0.376 e. The quantitative estimate of drug-likeness (QED) is 0.778. The lowest BCUT2D eigenvalue weighted by molar-refractivity contribution is -0.0582. The largest absolute Gasteiger partial charge is 0.376 e. The smallest absolute Gasteiger partial charge is 0.0780 e. The molecule has 0 heterocycles. The second-order valence-corrected chi connectivity index (χ2v) is 6.37. The first-order valence-corrected chi connectivity index (χ1v) is 5.93. The first-order valence-electron chi connectivity index (χ1n) is 5.93. The zero-order chi connectivity index (χ0) is 12.3. The van der Waals surface area contributed by atoms with Gasteiger partial charge < -0.3 is 10.1 Å². The number of likely N-dealkylation sites (N-methyl/N-ethyl adjacent to an activating group) is 1. The zero-order valence-electron chi connectivity index (χ0n) is 11.8. The summed E-state index contributed by atoms with van der Waals surface area (Å²) in [6.45, 7) is 16.3. The van der Waals surface area contributed by atoms with E-state index >= 15 is 0 Å². The predicted octanol–water partition coefficient (Wildman–Crippen LogP) is 3.07. The standard InChI is InChI=1S/C13H29NO/c1-9-15-11(13(5,6)7)10(14-8)12(2,3)4/h10-11,14H,9H2,1-8H3. The second kappa shape index (κ2) is 5.31. The summed E-state index contributed by atoms with van der Waals surface area (Å²) in [6.07, 6.45) is 0.243. The fourth-order valence-corrected chi connectivity index (χ4v) is 2.06. The molecule has 0 aliphatic heterocycles. The van der Waals surface area contributed by atoms with Gasteiger partial charge in [-0.25, -0.2) is 0 Å². The first-order chi connectivity index (χ1) is 6.64. The van der Waals surface area contributed by atoms with E-state index in [1.165, 1.54) is 0 Å². The van der Waals surface area contributed by atoms with Gasteiger partial charge in [0.2, 0.25) is 0 Å². The zero-order valence-corrected chi connectivity index (χ0v) is 11.8. The molecule has 0 amide bonds. The van der Waals surface area contributed by atoms with E-state index < -0.39 is 0 Å². The fraction of sp³-hybridized carbons (Fsp3) is 1.00. The molecular weight excluding hydrogens is 186 g/mol. The molecule has 0 aromatic heterocycles. The van der Waals surface area contributed by atoms with Crippen molar-refractivity contribution in [3.63, 3.8) is 0 Å². The van der Waals surface area contributed by atoms with E-state index in [0.717, 1.165) is 6.61 Å². The molecule has 0 aromatic rings. The normalized spacial score (nSPS) is 17.6. The Morgan fingerprint density at radius 2 is 1.47 bits per heavy atom. The minimum absolute atomic E-state index is 0.164. The van der Waals surface area contributed by atoms with Crippen molar-refractivity contribution in [3.05, 3.63) is 0 Å². The summed E-state index contributed by atoms with van der Waals surface area (Å²) in [4.78, 5) is 0. The molecule has 2 atom stereocenters. The van der Waals surface area contributed by atoms with Crippen LogP contribution in [0.2, 0.25) is 0 Å². The average Bonchev–Trinajstić information content (AvgIpc) is 2.00. The van der Waals surface area contributed by atoms with Gasteiger partial charge in [-0.15, -0.1) is 0 Å². The maximum atomic E-state index is 5.92. The highest BCUT2D eigenvalue weighted by Gasteiger charge is 2.38. The first kappa shape index (κ1) is 14.9. The molecule has 0 aliphatic rings. The van der Waals surface area contributed by atoms with E-state index in [-0.39, 0.29) is 16.9 Å². The molecule has 0 aliphatic carbocycles. The van der Waals surface area contributed by atoms with Gasteiger partial charge in [0.1, 0.15) is 0 Å². The summed E-state index contributed by atoms with van der Waals surface area (Å²) in [7, 11) is 2.02. The highest BCUT2D eigenvalue weighted by atomic mass is 16.5. The maximum absolute atomic E-state index is 5.92. The SMILES string of the molecule is CCOC(C(NC)C(C)(C)C)C(C)(C)C. The lowest BCUT2D eigenvalue weighted by atomic mass is 9.74. The van der Waals surface area contributed by atoms with Crippen molar-refractivity contribution in [2.75, 3.05) is 13.7 Å². The Kier molecular flexibility index (Phi) is 5.28. The molecule has 0 bridgehead atoms. The Balaban J connectivity index is 4.87. The van der Waals surface area contributed by atoms with Crippen LogP contribution in [-0.2, 0) is 4.74 Å². The van der Waals surface area contributed by atoms with Gasteiger partial charge in [-0.2, -0.15) is 0 Å². The van der Waals surface area contributed by atoms with Crippen LogP contribution in [-0.4, -0.2) is 25.8 Å². The van der Waals surface area contributed by atoms with Gasteiger partial charge in [0, 0.05) is 12.6 Å². The van der Waals surface area contributed by atoms with Crippen LogP contribution in [0.3, 0.4) is 0 Å². The number of hydrogen-bond acceptors (Lipinski definition) is 2. The maximum Gasteiger partial charge on any atom is 0.0780 e. The van der Waals surface area contributed by atoms with E-state index in [0.29, 0.717) is 6.04 Å². The van der Waals surface area contributed by atoms with E-state index in [2.05, 4.69) is 53.8 Å². The van der Waals surface area contributed by atoms with Crippen LogP contribution in [0.15, 0.2) is 0 Å². The van der Waals surface area contributed by atoms with Crippen molar-refractivity contribution in [2.24, 2.45) is 10.8 Å². The highest BCUT2D eigenvalue weighted by molar-refractivity contribution is 4.92. The molecule has 0 saturated carbocycles. The van der Waals surface area contributed by atoms with Crippen molar-refractivity contribution in [2.45, 2.75) is 60.6 Å². The van der Waals surface area contributed by atoms with Gasteiger partial charge in [0.25, 0.3) is 0 Å². The minimum atomic E-state index is 0.164. The van der Waals surface area contributed by atoms with E-state index in [1.54, 1.807) is 0 Å². The van der Waals surface area contributed by atoms with Gasteiger partial charge in [-0.05, 0) is 24.8 Å². The topological polar surface area (TPSA) is 21.3 Å². The molecular formula is C13H29NO. The van der Waals surface area contributed by atoms with Gasteiger partial charge in [0.05, 0.1) is 6.10 Å². The van der Waals surface area contributed by atoms with Crippen LogP contribution < -0.4 is 5.32 Å². The molecule has 92 valence electrons. The third kappa shape index (κ3) is 4.52. The van der Waals surface area contributed by atoms with Crippen LogP contribution in [0.1, 0.15) is 48.5 Å². The molecule has 0 fully saturated rings. The van der Waals surface area contributed by atoms with Crippen molar-refractivity contribution >= 4 is 0 Å². The molecule has 2 unspecified atom stereocenters.